The van der Waals surface area contributed by atoms with Crippen LogP contribution in [-0.4, -0.2) is 0 Å². The van der Waals surface area contributed by atoms with Crippen molar-refractivity contribution in [3.8, 4) is 0 Å². The number of allylic oxidation sites excluding steroid dienone is 1. The summed E-state index contributed by atoms with van der Waals surface area (Å²) in [6.45, 7) is 1.48. The molecule has 0 saturated carbocycles. The highest BCUT2D eigenvalue weighted by atomic mass is 16.5. The van der Waals surface area contributed by atoms with Crippen molar-refractivity contribution in [1.29, 1.82) is 0 Å². The SMILES string of the molecule is NNC(C1=CCCCCC1)c1ccc2c(c1)COC2. The van der Waals surface area contributed by atoms with Crippen molar-refractivity contribution in [2.45, 2.75) is 51.4 Å². The zero-order valence-corrected chi connectivity index (χ0v) is 11.3. The molecule has 0 amide bonds. The highest BCUT2D eigenvalue weighted by molar-refractivity contribution is 5.37. The van der Waals surface area contributed by atoms with Gasteiger partial charge < -0.3 is 4.74 Å². The Morgan fingerprint density at radius 1 is 1.11 bits per heavy atom. The molecule has 0 spiro atoms. The van der Waals surface area contributed by atoms with Gasteiger partial charge in [0.1, 0.15) is 0 Å². The van der Waals surface area contributed by atoms with Crippen LogP contribution in [0.4, 0.5) is 0 Å². The van der Waals surface area contributed by atoms with E-state index in [9.17, 15) is 0 Å². The van der Waals surface area contributed by atoms with Crippen molar-refractivity contribution >= 4 is 0 Å². The number of nitrogens with one attached hydrogen (secondary N) is 1. The zero-order valence-electron chi connectivity index (χ0n) is 11.3. The maximum Gasteiger partial charge on any atom is 0.0725 e. The lowest BCUT2D eigenvalue weighted by Gasteiger charge is -2.20. The van der Waals surface area contributed by atoms with Crippen molar-refractivity contribution in [2.75, 3.05) is 0 Å². The van der Waals surface area contributed by atoms with Gasteiger partial charge in [0.15, 0.2) is 0 Å². The van der Waals surface area contributed by atoms with Gasteiger partial charge in [-0.1, -0.05) is 36.3 Å². The van der Waals surface area contributed by atoms with E-state index in [-0.39, 0.29) is 6.04 Å². The molecule has 0 saturated heterocycles. The molecule has 2 aliphatic rings. The van der Waals surface area contributed by atoms with Gasteiger partial charge in [-0.15, -0.1) is 0 Å². The summed E-state index contributed by atoms with van der Waals surface area (Å²) in [4.78, 5) is 0. The third-order valence-corrected chi connectivity index (χ3v) is 4.19. The third-order valence-electron chi connectivity index (χ3n) is 4.19. The monoisotopic (exact) mass is 258 g/mol. The van der Waals surface area contributed by atoms with Crippen LogP contribution in [0.2, 0.25) is 0 Å². The van der Waals surface area contributed by atoms with Gasteiger partial charge in [0.2, 0.25) is 0 Å². The molecule has 3 rings (SSSR count). The number of hydrogen-bond acceptors (Lipinski definition) is 3. The number of benzene rings is 1. The Hall–Kier alpha value is -1.16. The molecule has 3 nitrogen and oxygen atoms in total. The summed E-state index contributed by atoms with van der Waals surface area (Å²) < 4.78 is 5.48. The van der Waals surface area contributed by atoms with E-state index in [0.29, 0.717) is 0 Å². The Morgan fingerprint density at radius 2 is 2.00 bits per heavy atom. The molecule has 1 heterocycles. The van der Waals surface area contributed by atoms with Crippen molar-refractivity contribution in [3.05, 3.63) is 46.5 Å². The average Bonchev–Trinajstić information content (AvgIpc) is 2.74. The Labute approximate surface area is 114 Å². The van der Waals surface area contributed by atoms with Gasteiger partial charge in [0.25, 0.3) is 0 Å². The van der Waals surface area contributed by atoms with Crippen molar-refractivity contribution in [3.63, 3.8) is 0 Å². The highest BCUT2D eigenvalue weighted by Crippen LogP contribution is 2.31. The summed E-state index contributed by atoms with van der Waals surface area (Å²) in [6.07, 6.45) is 8.62. The maximum absolute atomic E-state index is 5.81. The lowest BCUT2D eigenvalue weighted by Crippen LogP contribution is -2.29. The van der Waals surface area contributed by atoms with E-state index in [1.165, 1.54) is 47.9 Å². The molecule has 1 unspecified atom stereocenters. The van der Waals surface area contributed by atoms with Gasteiger partial charge in [0, 0.05) is 0 Å². The van der Waals surface area contributed by atoms with Gasteiger partial charge in [-0.3, -0.25) is 5.84 Å². The minimum absolute atomic E-state index is 0.156. The van der Waals surface area contributed by atoms with Crippen LogP contribution in [0.1, 0.15) is 54.8 Å². The second kappa shape index (κ2) is 5.87. The van der Waals surface area contributed by atoms with E-state index in [1.807, 2.05) is 0 Å². The van der Waals surface area contributed by atoms with Gasteiger partial charge >= 0.3 is 0 Å². The molecule has 102 valence electrons. The molecule has 0 fully saturated rings. The highest BCUT2D eigenvalue weighted by Gasteiger charge is 2.19. The molecule has 0 aromatic heterocycles. The van der Waals surface area contributed by atoms with Crippen LogP contribution in [0.5, 0.6) is 0 Å². The van der Waals surface area contributed by atoms with Crippen LogP contribution < -0.4 is 11.3 Å². The molecule has 0 bridgehead atoms. The minimum Gasteiger partial charge on any atom is -0.372 e. The zero-order chi connectivity index (χ0) is 13.1. The van der Waals surface area contributed by atoms with E-state index in [1.54, 1.807) is 0 Å². The Bertz CT molecular complexity index is 482. The number of ether oxygens (including phenoxy) is 1. The van der Waals surface area contributed by atoms with Crippen molar-refractivity contribution < 1.29 is 4.74 Å². The van der Waals surface area contributed by atoms with Crippen LogP contribution in [0.3, 0.4) is 0 Å². The van der Waals surface area contributed by atoms with Gasteiger partial charge in [-0.25, -0.2) is 5.43 Å². The van der Waals surface area contributed by atoms with Crippen LogP contribution in [-0.2, 0) is 18.0 Å². The summed E-state index contributed by atoms with van der Waals surface area (Å²) in [5.41, 5.74) is 8.33. The minimum atomic E-state index is 0.156. The predicted molar refractivity (Wildman–Crippen MR) is 76.2 cm³/mol. The number of hydrazine groups is 1. The fourth-order valence-electron chi connectivity index (χ4n) is 3.09. The fourth-order valence-corrected chi connectivity index (χ4v) is 3.09. The first-order valence-corrected chi connectivity index (χ1v) is 7.23. The second-order valence-electron chi connectivity index (χ2n) is 5.50. The third kappa shape index (κ3) is 2.73. The van der Waals surface area contributed by atoms with E-state index < -0.39 is 0 Å². The Morgan fingerprint density at radius 3 is 2.89 bits per heavy atom. The van der Waals surface area contributed by atoms with Gasteiger partial charge in [0.05, 0.1) is 19.3 Å². The van der Waals surface area contributed by atoms with E-state index in [0.717, 1.165) is 19.6 Å². The smallest absolute Gasteiger partial charge is 0.0725 e. The van der Waals surface area contributed by atoms with E-state index >= 15 is 0 Å². The maximum atomic E-state index is 5.81. The van der Waals surface area contributed by atoms with Crippen LogP contribution >= 0.6 is 0 Å². The van der Waals surface area contributed by atoms with Gasteiger partial charge in [-0.2, -0.15) is 0 Å². The standard InChI is InChI=1S/C16H22N2O/c17-18-16(12-5-3-1-2-4-6-12)13-7-8-14-10-19-11-15(14)9-13/h5,7-9,16,18H,1-4,6,10-11,17H2. The van der Waals surface area contributed by atoms with E-state index in [2.05, 4.69) is 29.7 Å². The molecular weight excluding hydrogens is 236 g/mol. The van der Waals surface area contributed by atoms with Gasteiger partial charge in [-0.05, 0) is 42.4 Å². The molecule has 1 aromatic carbocycles. The van der Waals surface area contributed by atoms with Crippen LogP contribution in [0.15, 0.2) is 29.8 Å². The Balaban J connectivity index is 1.87. The lowest BCUT2D eigenvalue weighted by atomic mass is 9.93. The summed E-state index contributed by atoms with van der Waals surface area (Å²) >= 11 is 0. The lowest BCUT2D eigenvalue weighted by molar-refractivity contribution is 0.134. The molecule has 1 aliphatic heterocycles. The topological polar surface area (TPSA) is 47.3 Å². The largest absolute Gasteiger partial charge is 0.372 e. The first-order valence-electron chi connectivity index (χ1n) is 7.23. The first kappa shape index (κ1) is 12.9. The second-order valence-corrected chi connectivity index (χ2v) is 5.50. The fraction of sp³-hybridized carbons (Fsp3) is 0.500. The molecule has 19 heavy (non-hydrogen) atoms. The number of fused-ring (bicyclic) bond motifs is 1. The predicted octanol–water partition coefficient (Wildman–Crippen LogP) is 3.11. The summed E-state index contributed by atoms with van der Waals surface area (Å²) in [7, 11) is 0. The molecular formula is C16H22N2O. The average molecular weight is 258 g/mol. The first-order chi connectivity index (χ1) is 9.38. The molecule has 1 aromatic rings. The van der Waals surface area contributed by atoms with Crippen LogP contribution in [0, 0.1) is 0 Å². The number of nitrogens with two attached hydrogens (primary N) is 1. The summed E-state index contributed by atoms with van der Waals surface area (Å²) in [6, 6.07) is 6.77. The van der Waals surface area contributed by atoms with Crippen LogP contribution in [0.25, 0.3) is 0 Å². The van der Waals surface area contributed by atoms with Crippen molar-refractivity contribution in [1.82, 2.24) is 5.43 Å². The van der Waals surface area contributed by atoms with Crippen molar-refractivity contribution in [2.24, 2.45) is 5.84 Å². The summed E-state index contributed by atoms with van der Waals surface area (Å²) in [5, 5.41) is 0. The summed E-state index contributed by atoms with van der Waals surface area (Å²) in [5.74, 6) is 5.81. The molecule has 1 atom stereocenters. The Kier molecular flexibility index (Phi) is 3.97. The quantitative estimate of drug-likeness (QED) is 0.497. The molecule has 1 aliphatic carbocycles. The molecule has 3 N–H and O–H groups in total. The van der Waals surface area contributed by atoms with E-state index in [4.69, 9.17) is 10.6 Å². The molecule has 0 radical (unpaired) electrons. The molecule has 3 heteroatoms. The normalized spacial score (nSPS) is 20.6. The number of hydrogen-bond donors (Lipinski definition) is 2. The number of rotatable bonds is 3.